The normalized spacial score (nSPS) is 34.7. The number of allylic oxidation sites excluding steroid dienone is 2. The van der Waals surface area contributed by atoms with E-state index in [1.807, 2.05) is 6.92 Å². The molecule has 5 atom stereocenters. The fourth-order valence-electron chi connectivity index (χ4n) is 4.49. The van der Waals surface area contributed by atoms with E-state index in [4.69, 9.17) is 9.47 Å². The molecular weight excluding hydrogens is 314 g/mol. The Morgan fingerprint density at radius 2 is 2.20 bits per heavy atom. The summed E-state index contributed by atoms with van der Waals surface area (Å²) in [5.74, 6) is 1.10. The number of amides is 1. The molecule has 2 aliphatic rings. The smallest absolute Gasteiger partial charge is 0.407 e. The molecule has 1 saturated heterocycles. The number of rotatable bonds is 7. The summed E-state index contributed by atoms with van der Waals surface area (Å²) < 4.78 is 11.8. The SMILES string of the molecule is C/C=C/C1OCC2(COC(=O)NCCCCC)C(C)C=C(C)C1[C@H]2C. The molecule has 1 N–H and O–H groups in total. The van der Waals surface area contributed by atoms with Gasteiger partial charge in [-0.1, -0.05) is 57.4 Å². The highest BCUT2D eigenvalue weighted by Gasteiger charge is 2.53. The van der Waals surface area contributed by atoms with Crippen LogP contribution in [0.15, 0.2) is 23.8 Å². The molecule has 0 radical (unpaired) electrons. The van der Waals surface area contributed by atoms with Crippen LogP contribution in [0.25, 0.3) is 0 Å². The second-order valence-corrected chi connectivity index (χ2v) is 7.76. The lowest BCUT2D eigenvalue weighted by molar-refractivity contribution is -0.149. The number of alkyl carbamates (subject to hydrolysis) is 1. The van der Waals surface area contributed by atoms with E-state index in [-0.39, 0.29) is 17.6 Å². The van der Waals surface area contributed by atoms with E-state index in [9.17, 15) is 4.79 Å². The lowest BCUT2D eigenvalue weighted by Gasteiger charge is -2.54. The van der Waals surface area contributed by atoms with Crippen molar-refractivity contribution in [1.82, 2.24) is 5.32 Å². The van der Waals surface area contributed by atoms with Gasteiger partial charge < -0.3 is 14.8 Å². The fraction of sp³-hybridized carbons (Fsp3) is 0.762. The molecular formula is C21H35NO3. The molecule has 0 aromatic heterocycles. The van der Waals surface area contributed by atoms with Gasteiger partial charge in [-0.05, 0) is 32.1 Å². The first-order chi connectivity index (χ1) is 12.0. The number of hydrogen-bond acceptors (Lipinski definition) is 3. The van der Waals surface area contributed by atoms with Crippen molar-refractivity contribution in [2.45, 2.75) is 60.0 Å². The highest BCUT2D eigenvalue weighted by Crippen LogP contribution is 2.52. The summed E-state index contributed by atoms with van der Waals surface area (Å²) in [7, 11) is 0. The highest BCUT2D eigenvalue weighted by atomic mass is 16.6. The van der Waals surface area contributed by atoms with Crippen molar-refractivity contribution in [3.8, 4) is 0 Å². The molecule has 4 heteroatoms. The van der Waals surface area contributed by atoms with E-state index in [1.54, 1.807) is 0 Å². The molecule has 1 fully saturated rings. The Morgan fingerprint density at radius 3 is 2.88 bits per heavy atom. The van der Waals surface area contributed by atoms with Crippen LogP contribution in [0.4, 0.5) is 4.79 Å². The maximum Gasteiger partial charge on any atom is 0.407 e. The molecule has 25 heavy (non-hydrogen) atoms. The van der Waals surface area contributed by atoms with Crippen molar-refractivity contribution in [3.63, 3.8) is 0 Å². The Balaban J connectivity index is 2.02. The topological polar surface area (TPSA) is 47.6 Å². The molecule has 142 valence electrons. The summed E-state index contributed by atoms with van der Waals surface area (Å²) in [6.45, 7) is 12.6. The van der Waals surface area contributed by atoms with Crippen LogP contribution in [0.5, 0.6) is 0 Å². The van der Waals surface area contributed by atoms with Gasteiger partial charge in [0.25, 0.3) is 0 Å². The van der Waals surface area contributed by atoms with Crippen molar-refractivity contribution in [2.24, 2.45) is 23.2 Å². The molecule has 1 heterocycles. The van der Waals surface area contributed by atoms with E-state index < -0.39 is 0 Å². The lowest BCUT2D eigenvalue weighted by atomic mass is 9.56. The third-order valence-corrected chi connectivity index (χ3v) is 6.19. The van der Waals surface area contributed by atoms with Gasteiger partial charge in [-0.3, -0.25) is 0 Å². The second-order valence-electron chi connectivity index (χ2n) is 7.76. The third kappa shape index (κ3) is 4.28. The van der Waals surface area contributed by atoms with Crippen LogP contribution in [0, 0.1) is 23.2 Å². The Labute approximate surface area is 153 Å². The second kappa shape index (κ2) is 8.88. The van der Waals surface area contributed by atoms with Crippen molar-refractivity contribution < 1.29 is 14.3 Å². The van der Waals surface area contributed by atoms with Crippen LogP contribution >= 0.6 is 0 Å². The van der Waals surface area contributed by atoms with Gasteiger partial charge in [-0.2, -0.15) is 0 Å². The molecule has 2 rings (SSSR count). The van der Waals surface area contributed by atoms with Crippen LogP contribution in [0.1, 0.15) is 53.9 Å². The molecule has 0 aromatic carbocycles. The highest BCUT2D eigenvalue weighted by molar-refractivity contribution is 5.67. The Kier molecular flexibility index (Phi) is 7.12. The summed E-state index contributed by atoms with van der Waals surface area (Å²) >= 11 is 0. The van der Waals surface area contributed by atoms with Gasteiger partial charge in [-0.15, -0.1) is 0 Å². The van der Waals surface area contributed by atoms with Crippen LogP contribution < -0.4 is 5.32 Å². The number of unbranched alkanes of at least 4 members (excludes halogenated alkanes) is 2. The molecule has 0 aromatic rings. The molecule has 0 spiro atoms. The van der Waals surface area contributed by atoms with E-state index >= 15 is 0 Å². The lowest BCUT2D eigenvalue weighted by Crippen LogP contribution is -2.56. The van der Waals surface area contributed by atoms with E-state index in [0.717, 1.165) is 19.3 Å². The fourth-order valence-corrected chi connectivity index (χ4v) is 4.49. The number of hydrogen-bond donors (Lipinski definition) is 1. The van der Waals surface area contributed by atoms with Gasteiger partial charge in [0.05, 0.1) is 12.7 Å². The summed E-state index contributed by atoms with van der Waals surface area (Å²) in [6.07, 6.45) is 9.67. The number of ether oxygens (including phenoxy) is 2. The largest absolute Gasteiger partial charge is 0.449 e. The molecule has 1 aliphatic heterocycles. The summed E-state index contributed by atoms with van der Waals surface area (Å²) in [5, 5.41) is 2.87. The molecule has 1 aliphatic carbocycles. The molecule has 1 amide bonds. The molecule has 4 nitrogen and oxygen atoms in total. The molecule has 4 unspecified atom stereocenters. The number of fused-ring (bicyclic) bond motifs is 2. The predicted molar refractivity (Wildman–Crippen MR) is 101 cm³/mol. The first kappa shape index (κ1) is 20.0. The quantitative estimate of drug-likeness (QED) is 0.535. The van der Waals surface area contributed by atoms with Crippen molar-refractivity contribution >= 4 is 6.09 Å². The van der Waals surface area contributed by atoms with Gasteiger partial charge >= 0.3 is 6.09 Å². The Hall–Kier alpha value is -1.29. The third-order valence-electron chi connectivity index (χ3n) is 6.19. The van der Waals surface area contributed by atoms with Crippen molar-refractivity contribution in [3.05, 3.63) is 23.8 Å². The Bertz CT molecular complexity index is 513. The van der Waals surface area contributed by atoms with Crippen molar-refractivity contribution in [2.75, 3.05) is 19.8 Å². The average Bonchev–Trinajstić information content (AvgIpc) is 2.57. The van der Waals surface area contributed by atoms with Crippen LogP contribution in [-0.2, 0) is 9.47 Å². The zero-order valence-electron chi connectivity index (χ0n) is 16.5. The first-order valence-electron chi connectivity index (χ1n) is 9.79. The van der Waals surface area contributed by atoms with Crippen LogP contribution in [-0.4, -0.2) is 32.0 Å². The van der Waals surface area contributed by atoms with Crippen LogP contribution in [0.2, 0.25) is 0 Å². The van der Waals surface area contributed by atoms with E-state index in [0.29, 0.717) is 37.5 Å². The average molecular weight is 350 g/mol. The molecule has 2 bridgehead atoms. The monoisotopic (exact) mass is 349 g/mol. The minimum absolute atomic E-state index is 0.125. The van der Waals surface area contributed by atoms with Gasteiger partial charge in [0.15, 0.2) is 0 Å². The Morgan fingerprint density at radius 1 is 1.44 bits per heavy atom. The van der Waals surface area contributed by atoms with Crippen LogP contribution in [0.3, 0.4) is 0 Å². The number of carbonyl (C=O) groups is 1. The maximum absolute atomic E-state index is 12.1. The van der Waals surface area contributed by atoms with Gasteiger partial charge in [-0.25, -0.2) is 4.79 Å². The van der Waals surface area contributed by atoms with Gasteiger partial charge in [0.2, 0.25) is 0 Å². The van der Waals surface area contributed by atoms with E-state index in [2.05, 4.69) is 51.2 Å². The zero-order valence-corrected chi connectivity index (χ0v) is 16.5. The summed E-state index contributed by atoms with van der Waals surface area (Å²) in [5.41, 5.74) is 1.26. The maximum atomic E-state index is 12.1. The summed E-state index contributed by atoms with van der Waals surface area (Å²) in [4.78, 5) is 12.1. The number of carbonyl (C=O) groups excluding carboxylic acids is 1. The zero-order chi connectivity index (χ0) is 18.4. The number of nitrogens with one attached hydrogen (secondary N) is 1. The molecule has 0 saturated carbocycles. The van der Waals surface area contributed by atoms with Gasteiger partial charge in [0, 0.05) is 17.9 Å². The first-order valence-corrected chi connectivity index (χ1v) is 9.79. The predicted octanol–water partition coefficient (Wildman–Crippen LogP) is 4.71. The minimum Gasteiger partial charge on any atom is -0.449 e. The summed E-state index contributed by atoms with van der Waals surface area (Å²) in [6, 6.07) is 0. The van der Waals surface area contributed by atoms with Gasteiger partial charge in [0.1, 0.15) is 6.61 Å². The standard InChI is InChI=1S/C21H35NO3/c1-6-8-9-11-22-20(23)25-14-21-13-24-18(10-7-2)19(17(21)5)15(3)12-16(21)4/h7,10,12,16-19H,6,8-9,11,13-14H2,1-5H3,(H,22,23)/b10-7+/t16?,17-,18?,19?,21?/m1/s1. The van der Waals surface area contributed by atoms with E-state index in [1.165, 1.54) is 5.57 Å². The minimum atomic E-state index is -0.303. The van der Waals surface area contributed by atoms with Crippen molar-refractivity contribution in [1.29, 1.82) is 0 Å².